The number of hydrazine groups is 1. The number of carbonyl (C=O) groups is 2. The van der Waals surface area contributed by atoms with Crippen LogP contribution in [-0.4, -0.2) is 24.5 Å². The summed E-state index contributed by atoms with van der Waals surface area (Å²) >= 11 is 11.7. The van der Waals surface area contributed by atoms with Gasteiger partial charge in [0.2, 0.25) is 0 Å². The summed E-state index contributed by atoms with van der Waals surface area (Å²) in [7, 11) is 0. The van der Waals surface area contributed by atoms with E-state index in [9.17, 15) is 9.59 Å². The summed E-state index contributed by atoms with van der Waals surface area (Å²) in [6.07, 6.45) is -0.825. The third-order valence-corrected chi connectivity index (χ3v) is 3.84. The van der Waals surface area contributed by atoms with E-state index in [1.807, 2.05) is 6.92 Å². The molecular formula is C18H18Cl2N2O4. The van der Waals surface area contributed by atoms with Crippen LogP contribution in [0.3, 0.4) is 0 Å². The van der Waals surface area contributed by atoms with Crippen LogP contribution in [0.5, 0.6) is 11.5 Å². The predicted molar refractivity (Wildman–Crippen MR) is 99.8 cm³/mol. The van der Waals surface area contributed by atoms with Gasteiger partial charge in [0.15, 0.2) is 6.10 Å². The molecule has 0 fully saturated rings. The number of amides is 2. The van der Waals surface area contributed by atoms with E-state index in [4.69, 9.17) is 32.7 Å². The summed E-state index contributed by atoms with van der Waals surface area (Å²) < 4.78 is 10.9. The van der Waals surface area contributed by atoms with E-state index in [0.29, 0.717) is 23.1 Å². The van der Waals surface area contributed by atoms with Gasteiger partial charge in [-0.2, -0.15) is 0 Å². The van der Waals surface area contributed by atoms with Crippen molar-refractivity contribution in [3.8, 4) is 11.5 Å². The van der Waals surface area contributed by atoms with Crippen LogP contribution in [-0.2, 0) is 4.79 Å². The monoisotopic (exact) mass is 396 g/mol. The zero-order valence-corrected chi connectivity index (χ0v) is 15.7. The molecule has 0 aromatic heterocycles. The van der Waals surface area contributed by atoms with E-state index in [-0.39, 0.29) is 10.6 Å². The lowest BCUT2D eigenvalue weighted by Gasteiger charge is -2.15. The summed E-state index contributed by atoms with van der Waals surface area (Å²) in [4.78, 5) is 24.1. The summed E-state index contributed by atoms with van der Waals surface area (Å²) in [5.74, 6) is 0.137. The third-order valence-electron chi connectivity index (χ3n) is 3.29. The lowest BCUT2D eigenvalue weighted by Crippen LogP contribution is -2.47. The molecule has 0 saturated heterocycles. The first-order valence-electron chi connectivity index (χ1n) is 7.85. The number of halogens is 2. The minimum atomic E-state index is -0.825. The first-order valence-corrected chi connectivity index (χ1v) is 8.61. The standard InChI is InChI=1S/C18H18Cl2N2O4/c1-3-25-13-5-7-14(8-6-13)26-11(2)17(23)21-22-18(24)15-9-4-12(19)10-16(15)20/h4-11H,3H2,1-2H3,(H,21,23)(H,22,24). The zero-order valence-electron chi connectivity index (χ0n) is 14.2. The van der Waals surface area contributed by atoms with Crippen LogP contribution in [0, 0.1) is 0 Å². The van der Waals surface area contributed by atoms with Crippen LogP contribution >= 0.6 is 23.2 Å². The van der Waals surface area contributed by atoms with Crippen molar-refractivity contribution in [2.45, 2.75) is 20.0 Å². The lowest BCUT2D eigenvalue weighted by molar-refractivity contribution is -0.128. The normalized spacial score (nSPS) is 11.4. The Kier molecular flexibility index (Phi) is 7.12. The molecule has 0 aliphatic rings. The van der Waals surface area contributed by atoms with E-state index < -0.39 is 17.9 Å². The molecule has 0 spiro atoms. The Bertz CT molecular complexity index is 781. The van der Waals surface area contributed by atoms with Crippen molar-refractivity contribution >= 4 is 35.0 Å². The second-order valence-corrected chi connectivity index (χ2v) is 6.08. The Morgan fingerprint density at radius 1 is 1.04 bits per heavy atom. The fraction of sp³-hybridized carbons (Fsp3) is 0.222. The molecule has 26 heavy (non-hydrogen) atoms. The highest BCUT2D eigenvalue weighted by molar-refractivity contribution is 6.36. The van der Waals surface area contributed by atoms with Gasteiger partial charge in [-0.1, -0.05) is 23.2 Å². The van der Waals surface area contributed by atoms with Gasteiger partial charge in [-0.05, 0) is 56.3 Å². The molecule has 2 aromatic carbocycles. The largest absolute Gasteiger partial charge is 0.494 e. The van der Waals surface area contributed by atoms with Gasteiger partial charge >= 0.3 is 0 Å². The second-order valence-electron chi connectivity index (χ2n) is 5.23. The van der Waals surface area contributed by atoms with Crippen molar-refractivity contribution in [1.82, 2.24) is 10.9 Å². The zero-order chi connectivity index (χ0) is 19.1. The van der Waals surface area contributed by atoms with Crippen molar-refractivity contribution in [3.63, 3.8) is 0 Å². The minimum Gasteiger partial charge on any atom is -0.494 e. The van der Waals surface area contributed by atoms with Gasteiger partial charge in [0.25, 0.3) is 11.8 Å². The van der Waals surface area contributed by atoms with Crippen LogP contribution in [0.1, 0.15) is 24.2 Å². The minimum absolute atomic E-state index is 0.183. The first kappa shape index (κ1) is 19.9. The molecule has 0 saturated carbocycles. The van der Waals surface area contributed by atoms with E-state index in [2.05, 4.69) is 10.9 Å². The quantitative estimate of drug-likeness (QED) is 0.730. The number of ether oxygens (including phenoxy) is 2. The predicted octanol–water partition coefficient (Wildman–Crippen LogP) is 3.62. The highest BCUT2D eigenvalue weighted by Crippen LogP contribution is 2.21. The molecular weight excluding hydrogens is 379 g/mol. The van der Waals surface area contributed by atoms with Crippen molar-refractivity contribution in [2.24, 2.45) is 0 Å². The molecule has 0 radical (unpaired) electrons. The van der Waals surface area contributed by atoms with E-state index in [0.717, 1.165) is 0 Å². The average Bonchev–Trinajstić information content (AvgIpc) is 2.61. The second kappa shape index (κ2) is 9.31. The fourth-order valence-corrected chi connectivity index (χ4v) is 2.49. The Morgan fingerprint density at radius 2 is 1.69 bits per heavy atom. The molecule has 8 heteroatoms. The SMILES string of the molecule is CCOc1ccc(OC(C)C(=O)NNC(=O)c2ccc(Cl)cc2Cl)cc1. The summed E-state index contributed by atoms with van der Waals surface area (Å²) in [6.45, 7) is 4.02. The molecule has 2 rings (SSSR count). The van der Waals surface area contributed by atoms with Crippen LogP contribution in [0.25, 0.3) is 0 Å². The van der Waals surface area contributed by atoms with Crippen LogP contribution < -0.4 is 20.3 Å². The number of carbonyl (C=O) groups excluding carboxylic acids is 2. The molecule has 2 aromatic rings. The molecule has 0 bridgehead atoms. The maximum Gasteiger partial charge on any atom is 0.279 e. The smallest absolute Gasteiger partial charge is 0.279 e. The number of benzene rings is 2. The van der Waals surface area contributed by atoms with Crippen LogP contribution in [0.2, 0.25) is 10.0 Å². The van der Waals surface area contributed by atoms with Gasteiger partial charge in [0.1, 0.15) is 11.5 Å². The molecule has 0 heterocycles. The van der Waals surface area contributed by atoms with Gasteiger partial charge in [-0.3, -0.25) is 20.4 Å². The average molecular weight is 397 g/mol. The third kappa shape index (κ3) is 5.54. The molecule has 0 aliphatic carbocycles. The maximum atomic E-state index is 12.1. The van der Waals surface area contributed by atoms with E-state index in [1.165, 1.54) is 18.2 Å². The summed E-state index contributed by atoms with van der Waals surface area (Å²) in [5, 5.41) is 0.593. The maximum absolute atomic E-state index is 12.1. The Balaban J connectivity index is 1.87. The molecule has 2 N–H and O–H groups in total. The molecule has 1 atom stereocenters. The number of nitrogens with one attached hydrogen (secondary N) is 2. The number of rotatable bonds is 6. The Hall–Kier alpha value is -2.44. The Labute approximate surface area is 161 Å². The summed E-state index contributed by atoms with van der Waals surface area (Å²) in [5.41, 5.74) is 4.77. The van der Waals surface area contributed by atoms with Gasteiger partial charge < -0.3 is 9.47 Å². The van der Waals surface area contributed by atoms with Gasteiger partial charge in [0.05, 0.1) is 17.2 Å². The molecule has 2 amide bonds. The van der Waals surface area contributed by atoms with Crippen molar-refractivity contribution in [1.29, 1.82) is 0 Å². The van der Waals surface area contributed by atoms with Crippen molar-refractivity contribution in [2.75, 3.05) is 6.61 Å². The molecule has 1 unspecified atom stereocenters. The fourth-order valence-electron chi connectivity index (χ4n) is 2.00. The van der Waals surface area contributed by atoms with Gasteiger partial charge in [0, 0.05) is 5.02 Å². The lowest BCUT2D eigenvalue weighted by atomic mass is 10.2. The molecule has 138 valence electrons. The highest BCUT2D eigenvalue weighted by atomic mass is 35.5. The van der Waals surface area contributed by atoms with E-state index in [1.54, 1.807) is 31.2 Å². The van der Waals surface area contributed by atoms with Gasteiger partial charge in [-0.25, -0.2) is 0 Å². The highest BCUT2D eigenvalue weighted by Gasteiger charge is 2.17. The van der Waals surface area contributed by atoms with Crippen molar-refractivity contribution < 1.29 is 19.1 Å². The number of hydrogen-bond acceptors (Lipinski definition) is 4. The van der Waals surface area contributed by atoms with Crippen LogP contribution in [0.4, 0.5) is 0 Å². The van der Waals surface area contributed by atoms with Crippen LogP contribution in [0.15, 0.2) is 42.5 Å². The van der Waals surface area contributed by atoms with Crippen molar-refractivity contribution in [3.05, 3.63) is 58.1 Å². The number of hydrogen-bond donors (Lipinski definition) is 2. The Morgan fingerprint density at radius 3 is 2.31 bits per heavy atom. The first-order chi connectivity index (χ1) is 12.4. The molecule has 6 nitrogen and oxygen atoms in total. The molecule has 0 aliphatic heterocycles. The summed E-state index contributed by atoms with van der Waals surface area (Å²) in [6, 6.07) is 11.3. The van der Waals surface area contributed by atoms with Gasteiger partial charge in [-0.15, -0.1) is 0 Å². The van der Waals surface area contributed by atoms with E-state index >= 15 is 0 Å². The topological polar surface area (TPSA) is 76.7 Å².